The van der Waals surface area contributed by atoms with Crippen molar-refractivity contribution in [3.05, 3.63) is 29.8 Å². The summed E-state index contributed by atoms with van der Waals surface area (Å²) in [6.45, 7) is 4.07. The highest BCUT2D eigenvalue weighted by atomic mass is 32.2. The number of amides is 1. The first kappa shape index (κ1) is 14.4. The first-order valence-electron chi connectivity index (χ1n) is 7.19. The minimum atomic E-state index is -0.0235. The van der Waals surface area contributed by atoms with Gasteiger partial charge in [0.15, 0.2) is 0 Å². The van der Waals surface area contributed by atoms with E-state index in [4.69, 9.17) is 0 Å². The van der Waals surface area contributed by atoms with Crippen molar-refractivity contribution in [1.82, 2.24) is 5.32 Å². The van der Waals surface area contributed by atoms with E-state index in [0.717, 1.165) is 17.7 Å². The third-order valence-corrected chi connectivity index (χ3v) is 4.77. The van der Waals surface area contributed by atoms with Crippen molar-refractivity contribution in [3.63, 3.8) is 0 Å². The highest BCUT2D eigenvalue weighted by molar-refractivity contribution is 8.00. The predicted octanol–water partition coefficient (Wildman–Crippen LogP) is 3.92. The predicted molar refractivity (Wildman–Crippen MR) is 81.5 cm³/mol. The fourth-order valence-electron chi connectivity index (χ4n) is 2.44. The van der Waals surface area contributed by atoms with Crippen molar-refractivity contribution in [2.45, 2.75) is 62.1 Å². The van der Waals surface area contributed by atoms with Gasteiger partial charge in [-0.1, -0.05) is 37.0 Å². The van der Waals surface area contributed by atoms with Crippen molar-refractivity contribution < 1.29 is 4.79 Å². The Labute approximate surface area is 120 Å². The Hall–Kier alpha value is -0.960. The SMILES string of the molecule is Cc1ccc(SC(C)C(=O)NC2CCCCC2)cc1. The van der Waals surface area contributed by atoms with Crippen molar-refractivity contribution >= 4 is 17.7 Å². The van der Waals surface area contributed by atoms with E-state index in [9.17, 15) is 4.79 Å². The summed E-state index contributed by atoms with van der Waals surface area (Å²) >= 11 is 1.64. The molecular formula is C16H23NOS. The molecule has 1 saturated carbocycles. The molecule has 1 atom stereocenters. The maximum atomic E-state index is 12.2. The highest BCUT2D eigenvalue weighted by Crippen LogP contribution is 2.24. The second-order valence-corrected chi connectivity index (χ2v) is 6.83. The van der Waals surface area contributed by atoms with Crippen LogP contribution in [0.2, 0.25) is 0 Å². The molecule has 0 saturated heterocycles. The Kier molecular flexibility index (Phi) is 5.32. The molecule has 0 spiro atoms. The molecule has 1 unspecified atom stereocenters. The van der Waals surface area contributed by atoms with E-state index in [1.165, 1.54) is 24.8 Å². The van der Waals surface area contributed by atoms with Crippen LogP contribution in [0.1, 0.15) is 44.6 Å². The molecule has 0 radical (unpaired) electrons. The molecule has 0 bridgehead atoms. The number of hydrogen-bond acceptors (Lipinski definition) is 2. The summed E-state index contributed by atoms with van der Waals surface area (Å²) in [5, 5.41) is 3.17. The normalized spacial score (nSPS) is 18.0. The van der Waals surface area contributed by atoms with Crippen LogP contribution < -0.4 is 5.32 Å². The zero-order chi connectivity index (χ0) is 13.7. The van der Waals surface area contributed by atoms with E-state index in [0.29, 0.717) is 6.04 Å². The van der Waals surface area contributed by atoms with Crippen LogP contribution in [0.3, 0.4) is 0 Å². The second-order valence-electron chi connectivity index (χ2n) is 5.42. The van der Waals surface area contributed by atoms with Gasteiger partial charge >= 0.3 is 0 Å². The van der Waals surface area contributed by atoms with Crippen LogP contribution in [-0.4, -0.2) is 17.2 Å². The number of thioether (sulfide) groups is 1. The highest BCUT2D eigenvalue weighted by Gasteiger charge is 2.20. The number of benzene rings is 1. The number of rotatable bonds is 4. The molecule has 1 aliphatic carbocycles. The van der Waals surface area contributed by atoms with Crippen LogP contribution in [0.4, 0.5) is 0 Å². The van der Waals surface area contributed by atoms with E-state index in [-0.39, 0.29) is 11.2 Å². The van der Waals surface area contributed by atoms with Gasteiger partial charge in [0.1, 0.15) is 0 Å². The summed E-state index contributed by atoms with van der Waals surface area (Å²) < 4.78 is 0. The molecule has 1 N–H and O–H groups in total. The standard InChI is InChI=1S/C16H23NOS/c1-12-8-10-15(11-9-12)19-13(2)16(18)17-14-6-4-3-5-7-14/h8-11,13-14H,3-7H2,1-2H3,(H,17,18). The van der Waals surface area contributed by atoms with Crippen molar-refractivity contribution in [3.8, 4) is 0 Å². The molecule has 0 heterocycles. The third kappa shape index (κ3) is 4.57. The summed E-state index contributed by atoms with van der Waals surface area (Å²) in [4.78, 5) is 13.3. The Morgan fingerprint density at radius 3 is 2.47 bits per heavy atom. The summed E-state index contributed by atoms with van der Waals surface area (Å²) in [5.41, 5.74) is 1.25. The van der Waals surface area contributed by atoms with E-state index in [1.54, 1.807) is 11.8 Å². The van der Waals surface area contributed by atoms with Crippen LogP contribution in [-0.2, 0) is 4.79 Å². The lowest BCUT2D eigenvalue weighted by Gasteiger charge is -2.24. The van der Waals surface area contributed by atoms with Gasteiger partial charge < -0.3 is 5.32 Å². The lowest BCUT2D eigenvalue weighted by atomic mass is 9.95. The molecular weight excluding hydrogens is 254 g/mol. The number of hydrogen-bond donors (Lipinski definition) is 1. The fourth-order valence-corrected chi connectivity index (χ4v) is 3.32. The molecule has 3 heteroatoms. The number of carbonyl (C=O) groups excluding carboxylic acids is 1. The Bertz CT molecular complexity index is 409. The summed E-state index contributed by atoms with van der Waals surface area (Å²) in [7, 11) is 0. The van der Waals surface area contributed by atoms with Crippen LogP contribution in [0.5, 0.6) is 0 Å². The Balaban J connectivity index is 1.83. The molecule has 1 aromatic carbocycles. The topological polar surface area (TPSA) is 29.1 Å². The Morgan fingerprint density at radius 1 is 1.21 bits per heavy atom. The summed E-state index contributed by atoms with van der Waals surface area (Å²) in [6.07, 6.45) is 6.12. The molecule has 19 heavy (non-hydrogen) atoms. The smallest absolute Gasteiger partial charge is 0.233 e. The first-order chi connectivity index (χ1) is 9.15. The molecule has 1 aliphatic rings. The summed E-state index contributed by atoms with van der Waals surface area (Å²) in [5.74, 6) is 0.178. The van der Waals surface area contributed by atoms with Gasteiger partial charge in [0.05, 0.1) is 5.25 Å². The van der Waals surface area contributed by atoms with Gasteiger partial charge in [-0.25, -0.2) is 0 Å². The van der Waals surface area contributed by atoms with E-state index >= 15 is 0 Å². The minimum absolute atomic E-state index is 0.0235. The average Bonchev–Trinajstić information content (AvgIpc) is 2.42. The molecule has 0 aliphatic heterocycles. The maximum absolute atomic E-state index is 12.2. The lowest BCUT2D eigenvalue weighted by molar-refractivity contribution is -0.121. The van der Waals surface area contributed by atoms with Crippen molar-refractivity contribution in [1.29, 1.82) is 0 Å². The molecule has 0 aromatic heterocycles. The molecule has 2 rings (SSSR count). The minimum Gasteiger partial charge on any atom is -0.352 e. The molecule has 1 fully saturated rings. The number of aryl methyl sites for hydroxylation is 1. The molecule has 104 valence electrons. The van der Waals surface area contributed by atoms with Crippen LogP contribution >= 0.6 is 11.8 Å². The average molecular weight is 277 g/mol. The first-order valence-corrected chi connectivity index (χ1v) is 8.07. The van der Waals surface area contributed by atoms with E-state index in [2.05, 4.69) is 36.5 Å². The van der Waals surface area contributed by atoms with Crippen LogP contribution in [0.15, 0.2) is 29.2 Å². The number of carbonyl (C=O) groups is 1. The van der Waals surface area contributed by atoms with Gasteiger partial charge in [0.2, 0.25) is 5.91 Å². The molecule has 1 amide bonds. The largest absolute Gasteiger partial charge is 0.352 e. The quantitative estimate of drug-likeness (QED) is 0.845. The molecule has 2 nitrogen and oxygen atoms in total. The third-order valence-electron chi connectivity index (χ3n) is 3.65. The van der Waals surface area contributed by atoms with E-state index in [1.807, 2.05) is 6.92 Å². The zero-order valence-electron chi connectivity index (χ0n) is 11.8. The van der Waals surface area contributed by atoms with Crippen LogP contribution in [0, 0.1) is 6.92 Å². The van der Waals surface area contributed by atoms with Crippen LogP contribution in [0.25, 0.3) is 0 Å². The second kappa shape index (κ2) is 6.99. The Morgan fingerprint density at radius 2 is 1.84 bits per heavy atom. The lowest BCUT2D eigenvalue weighted by Crippen LogP contribution is -2.40. The van der Waals surface area contributed by atoms with Gasteiger partial charge in [-0.15, -0.1) is 11.8 Å². The molecule has 1 aromatic rings. The van der Waals surface area contributed by atoms with Gasteiger partial charge in [0, 0.05) is 10.9 Å². The van der Waals surface area contributed by atoms with E-state index < -0.39 is 0 Å². The van der Waals surface area contributed by atoms with Gasteiger partial charge in [-0.05, 0) is 38.8 Å². The van der Waals surface area contributed by atoms with Gasteiger partial charge in [-0.3, -0.25) is 4.79 Å². The fraction of sp³-hybridized carbons (Fsp3) is 0.562. The number of nitrogens with one attached hydrogen (secondary N) is 1. The van der Waals surface area contributed by atoms with Gasteiger partial charge in [0.25, 0.3) is 0 Å². The summed E-state index contributed by atoms with van der Waals surface area (Å²) in [6, 6.07) is 8.76. The van der Waals surface area contributed by atoms with Gasteiger partial charge in [-0.2, -0.15) is 0 Å². The monoisotopic (exact) mass is 277 g/mol. The zero-order valence-corrected chi connectivity index (χ0v) is 12.6. The van der Waals surface area contributed by atoms with Crippen molar-refractivity contribution in [2.24, 2.45) is 0 Å². The van der Waals surface area contributed by atoms with Crippen molar-refractivity contribution in [2.75, 3.05) is 0 Å². The maximum Gasteiger partial charge on any atom is 0.233 e.